The molecular formula is C26H29N3O4. The van der Waals surface area contributed by atoms with Gasteiger partial charge in [-0.05, 0) is 49.1 Å². The number of carbonyl (C=O) groups is 2. The van der Waals surface area contributed by atoms with Gasteiger partial charge < -0.3 is 20.1 Å². The van der Waals surface area contributed by atoms with Gasteiger partial charge in [-0.3, -0.25) is 14.6 Å². The summed E-state index contributed by atoms with van der Waals surface area (Å²) >= 11 is 0. The Balaban J connectivity index is 1.89. The van der Waals surface area contributed by atoms with Crippen molar-refractivity contribution < 1.29 is 19.1 Å². The van der Waals surface area contributed by atoms with Crippen LogP contribution in [-0.2, 0) is 9.59 Å². The Kier molecular flexibility index (Phi) is 5.97. The largest absolute Gasteiger partial charge is 0.497 e. The van der Waals surface area contributed by atoms with Gasteiger partial charge in [0.25, 0.3) is 5.91 Å². The predicted molar refractivity (Wildman–Crippen MR) is 126 cm³/mol. The van der Waals surface area contributed by atoms with Crippen LogP contribution in [0.25, 0.3) is 0 Å². The van der Waals surface area contributed by atoms with Gasteiger partial charge in [-0.2, -0.15) is 0 Å². The van der Waals surface area contributed by atoms with Crippen LogP contribution in [0, 0.1) is 5.41 Å². The molecule has 1 amide bonds. The van der Waals surface area contributed by atoms with Gasteiger partial charge in [0, 0.05) is 40.7 Å². The highest BCUT2D eigenvalue weighted by Gasteiger charge is 2.43. The third kappa shape index (κ3) is 4.35. The number of aromatic nitrogens is 1. The Morgan fingerprint density at radius 2 is 1.97 bits per heavy atom. The lowest BCUT2D eigenvalue weighted by atomic mass is 9.68. The fourth-order valence-corrected chi connectivity index (χ4v) is 4.75. The number of hydrogen-bond acceptors (Lipinski definition) is 6. The monoisotopic (exact) mass is 447 g/mol. The Bertz CT molecular complexity index is 1170. The molecule has 33 heavy (non-hydrogen) atoms. The molecule has 1 unspecified atom stereocenters. The van der Waals surface area contributed by atoms with Crippen LogP contribution in [0.3, 0.4) is 0 Å². The zero-order valence-corrected chi connectivity index (χ0v) is 19.6. The molecule has 7 heteroatoms. The average Bonchev–Trinajstić information content (AvgIpc) is 2.77. The van der Waals surface area contributed by atoms with Crippen LogP contribution in [0.1, 0.15) is 45.1 Å². The van der Waals surface area contributed by atoms with Crippen molar-refractivity contribution >= 4 is 17.4 Å². The summed E-state index contributed by atoms with van der Waals surface area (Å²) in [4.78, 5) is 31.1. The molecule has 0 radical (unpaired) electrons. The predicted octanol–water partition coefficient (Wildman–Crippen LogP) is 4.34. The summed E-state index contributed by atoms with van der Waals surface area (Å²) in [6.45, 7) is 6.04. The van der Waals surface area contributed by atoms with Gasteiger partial charge in [0.15, 0.2) is 5.78 Å². The van der Waals surface area contributed by atoms with Crippen molar-refractivity contribution in [2.75, 3.05) is 19.5 Å². The maximum absolute atomic E-state index is 13.6. The lowest BCUT2D eigenvalue weighted by molar-refractivity contribution is -0.118. The number of anilines is 1. The second-order valence-electron chi connectivity index (χ2n) is 9.23. The van der Waals surface area contributed by atoms with E-state index in [9.17, 15) is 9.59 Å². The van der Waals surface area contributed by atoms with Crippen molar-refractivity contribution in [3.05, 3.63) is 70.8 Å². The molecule has 0 fully saturated rings. The van der Waals surface area contributed by atoms with Gasteiger partial charge in [0.1, 0.15) is 11.5 Å². The summed E-state index contributed by atoms with van der Waals surface area (Å²) in [5.74, 6) is 0.354. The summed E-state index contributed by atoms with van der Waals surface area (Å²) < 4.78 is 11.1. The number of pyridine rings is 1. The first-order valence-corrected chi connectivity index (χ1v) is 10.9. The van der Waals surface area contributed by atoms with Crippen molar-refractivity contribution in [3.63, 3.8) is 0 Å². The van der Waals surface area contributed by atoms with Gasteiger partial charge in [-0.25, -0.2) is 0 Å². The molecule has 2 heterocycles. The fourth-order valence-electron chi connectivity index (χ4n) is 4.75. The molecule has 1 aliphatic heterocycles. The Morgan fingerprint density at radius 3 is 2.64 bits per heavy atom. The van der Waals surface area contributed by atoms with E-state index < -0.39 is 5.92 Å². The van der Waals surface area contributed by atoms with Crippen molar-refractivity contribution in [1.82, 2.24) is 10.3 Å². The molecule has 1 aliphatic carbocycles. The van der Waals surface area contributed by atoms with Gasteiger partial charge in [0.2, 0.25) is 0 Å². The second kappa shape index (κ2) is 8.73. The minimum Gasteiger partial charge on any atom is -0.497 e. The van der Waals surface area contributed by atoms with Gasteiger partial charge in [0.05, 0.1) is 32.0 Å². The van der Waals surface area contributed by atoms with Crippen LogP contribution in [0.2, 0.25) is 0 Å². The Morgan fingerprint density at radius 1 is 1.18 bits per heavy atom. The third-order valence-electron chi connectivity index (χ3n) is 6.15. The normalized spacial score (nSPS) is 19.5. The number of Topliss-reactive ketones (excluding diaryl/α,β-unsaturated/α-hetero) is 1. The number of dihydropyridines is 1. The molecular weight excluding hydrogens is 418 g/mol. The molecule has 2 aromatic rings. The first-order chi connectivity index (χ1) is 15.7. The molecule has 0 saturated heterocycles. The maximum atomic E-state index is 13.6. The summed E-state index contributed by atoms with van der Waals surface area (Å²) in [7, 11) is 3.17. The Hall–Kier alpha value is -3.61. The molecule has 2 aliphatic rings. The summed E-state index contributed by atoms with van der Waals surface area (Å²) in [5.41, 5.74) is 3.78. The minimum atomic E-state index is -0.591. The molecule has 172 valence electrons. The number of ether oxygens (including phenoxy) is 2. The molecule has 4 rings (SSSR count). The van der Waals surface area contributed by atoms with Crippen LogP contribution >= 0.6 is 0 Å². The van der Waals surface area contributed by atoms with Crippen LogP contribution in [0.15, 0.2) is 65.3 Å². The van der Waals surface area contributed by atoms with E-state index in [0.717, 1.165) is 11.3 Å². The summed E-state index contributed by atoms with van der Waals surface area (Å²) in [5, 5.41) is 6.31. The standard InChI is InChI=1S/C26H29N3O4/c1-15-22(25(31)29-16-7-6-10-27-14-16)23(18-11-17(32-4)8-9-21(18)33-5)24-19(28-15)12-26(2,3)13-20(24)30/h6-11,14,23,28H,12-13H2,1-5H3,(H,29,31). The van der Waals surface area contributed by atoms with Crippen molar-refractivity contribution in [2.24, 2.45) is 5.41 Å². The number of benzene rings is 1. The number of carbonyl (C=O) groups excluding carboxylic acids is 2. The molecule has 7 nitrogen and oxygen atoms in total. The number of rotatable bonds is 5. The molecule has 0 saturated carbocycles. The number of ketones is 1. The SMILES string of the molecule is COc1ccc(OC)c(C2C(C(=O)Nc3cccnc3)=C(C)NC3=C2C(=O)CC(C)(C)C3)c1. The summed E-state index contributed by atoms with van der Waals surface area (Å²) in [6.07, 6.45) is 4.36. The highest BCUT2D eigenvalue weighted by Crippen LogP contribution is 2.49. The minimum absolute atomic E-state index is 0.0304. The molecule has 0 spiro atoms. The van der Waals surface area contributed by atoms with Crippen molar-refractivity contribution in [2.45, 2.75) is 39.5 Å². The highest BCUT2D eigenvalue weighted by atomic mass is 16.5. The number of amides is 1. The molecule has 1 aromatic carbocycles. The zero-order valence-electron chi connectivity index (χ0n) is 19.6. The average molecular weight is 448 g/mol. The van der Waals surface area contributed by atoms with E-state index in [4.69, 9.17) is 9.47 Å². The van der Waals surface area contributed by atoms with E-state index in [0.29, 0.717) is 46.9 Å². The molecule has 0 bridgehead atoms. The lowest BCUT2D eigenvalue weighted by Gasteiger charge is -2.40. The van der Waals surface area contributed by atoms with E-state index in [1.165, 1.54) is 0 Å². The van der Waals surface area contributed by atoms with Gasteiger partial charge >= 0.3 is 0 Å². The lowest BCUT2D eigenvalue weighted by Crippen LogP contribution is -2.39. The van der Waals surface area contributed by atoms with E-state index in [2.05, 4.69) is 29.5 Å². The quantitative estimate of drug-likeness (QED) is 0.709. The van der Waals surface area contributed by atoms with Crippen LogP contribution in [-0.4, -0.2) is 30.9 Å². The Labute approximate surface area is 193 Å². The first-order valence-electron chi connectivity index (χ1n) is 10.9. The van der Waals surface area contributed by atoms with Crippen LogP contribution in [0.5, 0.6) is 11.5 Å². The number of nitrogens with one attached hydrogen (secondary N) is 2. The van der Waals surface area contributed by atoms with E-state index >= 15 is 0 Å². The van der Waals surface area contributed by atoms with Crippen molar-refractivity contribution in [1.29, 1.82) is 0 Å². The fraction of sp³-hybridized carbons (Fsp3) is 0.346. The smallest absolute Gasteiger partial charge is 0.254 e. The maximum Gasteiger partial charge on any atom is 0.254 e. The topological polar surface area (TPSA) is 89.6 Å². The number of methoxy groups -OCH3 is 2. The van der Waals surface area contributed by atoms with E-state index in [1.54, 1.807) is 50.9 Å². The highest BCUT2D eigenvalue weighted by molar-refractivity contribution is 6.10. The zero-order chi connectivity index (χ0) is 23.8. The molecule has 1 aromatic heterocycles. The molecule has 1 atom stereocenters. The van der Waals surface area contributed by atoms with Gasteiger partial charge in [-0.1, -0.05) is 13.8 Å². The number of allylic oxidation sites excluding steroid dienone is 3. The van der Waals surface area contributed by atoms with Crippen molar-refractivity contribution in [3.8, 4) is 11.5 Å². The third-order valence-corrected chi connectivity index (χ3v) is 6.15. The summed E-state index contributed by atoms with van der Waals surface area (Å²) in [6, 6.07) is 8.98. The number of nitrogens with zero attached hydrogens (tertiary/aromatic N) is 1. The van der Waals surface area contributed by atoms with E-state index in [-0.39, 0.29) is 17.1 Å². The van der Waals surface area contributed by atoms with Gasteiger partial charge in [-0.15, -0.1) is 0 Å². The first kappa shape index (κ1) is 22.6. The second-order valence-corrected chi connectivity index (χ2v) is 9.23. The number of hydrogen-bond donors (Lipinski definition) is 2. The van der Waals surface area contributed by atoms with Crippen LogP contribution < -0.4 is 20.1 Å². The molecule has 2 N–H and O–H groups in total. The van der Waals surface area contributed by atoms with Crippen LogP contribution in [0.4, 0.5) is 5.69 Å². The van der Waals surface area contributed by atoms with E-state index in [1.807, 2.05) is 13.0 Å².